The van der Waals surface area contributed by atoms with Crippen LogP contribution in [0.15, 0.2) is 35.5 Å². The Kier molecular flexibility index (Phi) is 5.86. The Morgan fingerprint density at radius 1 is 1.25 bits per heavy atom. The number of anilines is 1. The number of carbonyl (C=O) groups excluding carboxylic acids is 1. The Bertz CT molecular complexity index is 1090. The fourth-order valence-electron chi connectivity index (χ4n) is 2.78. The van der Waals surface area contributed by atoms with E-state index in [2.05, 4.69) is 15.3 Å². The summed E-state index contributed by atoms with van der Waals surface area (Å²) < 4.78 is 6.96. The monoisotopic (exact) mass is 420 g/mol. The van der Waals surface area contributed by atoms with Gasteiger partial charge in [-0.25, -0.2) is 4.98 Å². The van der Waals surface area contributed by atoms with Crippen molar-refractivity contribution in [2.75, 3.05) is 12.4 Å². The number of halogens is 2. The van der Waals surface area contributed by atoms with Crippen molar-refractivity contribution < 1.29 is 9.53 Å². The second-order valence-corrected chi connectivity index (χ2v) is 7.39. The topological polar surface area (TPSA) is 86.1 Å². The van der Waals surface area contributed by atoms with Crippen LogP contribution in [0.5, 0.6) is 5.88 Å². The van der Waals surface area contributed by atoms with Gasteiger partial charge in [-0.15, -0.1) is 0 Å². The molecule has 0 aliphatic rings. The van der Waals surface area contributed by atoms with Crippen molar-refractivity contribution in [3.8, 4) is 5.88 Å². The molecule has 0 bridgehead atoms. The lowest BCUT2D eigenvalue weighted by molar-refractivity contribution is 0.102. The van der Waals surface area contributed by atoms with Crippen molar-refractivity contribution in [2.45, 2.75) is 20.4 Å². The highest BCUT2D eigenvalue weighted by molar-refractivity contribution is 6.39. The number of pyridine rings is 3. The Morgan fingerprint density at radius 3 is 2.54 bits per heavy atom. The normalized spacial score (nSPS) is 11.1. The molecule has 0 fully saturated rings. The lowest BCUT2D eigenvalue weighted by Gasteiger charge is -2.16. The van der Waals surface area contributed by atoms with E-state index in [1.165, 1.54) is 25.7 Å². The Morgan fingerprint density at radius 2 is 1.93 bits per heavy atom. The molecule has 0 radical (unpaired) electrons. The van der Waals surface area contributed by atoms with Crippen LogP contribution >= 0.6 is 23.2 Å². The van der Waals surface area contributed by atoms with Crippen LogP contribution in [0, 0.1) is 5.92 Å². The van der Waals surface area contributed by atoms with Gasteiger partial charge in [0.1, 0.15) is 11.1 Å². The SMILES string of the molecule is COc1ccc2c(n1)c(=O)c(C(=O)Nc1c(Cl)cncc1Cl)cn2CC(C)C. The maximum absolute atomic E-state index is 13.0. The van der Waals surface area contributed by atoms with E-state index in [1.54, 1.807) is 12.1 Å². The first-order chi connectivity index (χ1) is 13.3. The average molecular weight is 421 g/mol. The zero-order valence-corrected chi connectivity index (χ0v) is 17.0. The van der Waals surface area contributed by atoms with Crippen molar-refractivity contribution >= 4 is 45.8 Å². The van der Waals surface area contributed by atoms with Gasteiger partial charge >= 0.3 is 0 Å². The van der Waals surface area contributed by atoms with Gasteiger partial charge in [-0.2, -0.15) is 0 Å². The summed E-state index contributed by atoms with van der Waals surface area (Å²) in [7, 11) is 1.46. The third kappa shape index (κ3) is 3.95. The summed E-state index contributed by atoms with van der Waals surface area (Å²) in [5.41, 5.74) is 0.387. The quantitative estimate of drug-likeness (QED) is 0.673. The lowest BCUT2D eigenvalue weighted by atomic mass is 10.1. The number of rotatable bonds is 5. The summed E-state index contributed by atoms with van der Waals surface area (Å²) >= 11 is 12.1. The van der Waals surface area contributed by atoms with E-state index in [1.807, 2.05) is 18.4 Å². The molecule has 1 N–H and O–H groups in total. The highest BCUT2D eigenvalue weighted by atomic mass is 35.5. The number of aromatic nitrogens is 3. The molecule has 0 aromatic carbocycles. The molecule has 0 aliphatic carbocycles. The van der Waals surface area contributed by atoms with Crippen molar-refractivity contribution in [1.82, 2.24) is 14.5 Å². The Balaban J connectivity index is 2.15. The van der Waals surface area contributed by atoms with Gasteiger partial charge in [0.2, 0.25) is 11.3 Å². The Hall–Kier alpha value is -2.64. The fourth-order valence-corrected chi connectivity index (χ4v) is 3.23. The maximum atomic E-state index is 13.0. The number of nitrogens with zero attached hydrogens (tertiary/aromatic N) is 3. The molecule has 3 rings (SSSR count). The average Bonchev–Trinajstić information content (AvgIpc) is 2.66. The molecule has 146 valence electrons. The third-order valence-electron chi connectivity index (χ3n) is 4.01. The molecule has 0 saturated heterocycles. The van der Waals surface area contributed by atoms with Crippen LogP contribution in [-0.4, -0.2) is 27.6 Å². The van der Waals surface area contributed by atoms with E-state index >= 15 is 0 Å². The number of fused-ring (bicyclic) bond motifs is 1. The van der Waals surface area contributed by atoms with Crippen LogP contribution in [0.3, 0.4) is 0 Å². The standard InChI is InChI=1S/C19H18Cl2N4O3/c1-10(2)8-25-9-11(18(26)17-14(25)4-5-15(23-17)28-3)19(27)24-16-12(20)6-22-7-13(16)21/h4-7,9-10H,8H2,1-3H3,(H,22,24,27). The molecule has 0 atom stereocenters. The maximum Gasteiger partial charge on any atom is 0.261 e. The van der Waals surface area contributed by atoms with E-state index in [4.69, 9.17) is 27.9 Å². The molecule has 3 heterocycles. The van der Waals surface area contributed by atoms with E-state index in [0.29, 0.717) is 17.9 Å². The first kappa shape index (κ1) is 20.1. The summed E-state index contributed by atoms with van der Waals surface area (Å²) in [6.45, 7) is 4.68. The summed E-state index contributed by atoms with van der Waals surface area (Å²) in [6.07, 6.45) is 4.23. The molecule has 1 amide bonds. The minimum Gasteiger partial charge on any atom is -0.481 e. The predicted molar refractivity (Wildman–Crippen MR) is 110 cm³/mol. The summed E-state index contributed by atoms with van der Waals surface area (Å²) in [6, 6.07) is 3.43. The second kappa shape index (κ2) is 8.16. The van der Waals surface area contributed by atoms with E-state index < -0.39 is 11.3 Å². The molecule has 3 aromatic heterocycles. The second-order valence-electron chi connectivity index (χ2n) is 6.57. The van der Waals surface area contributed by atoms with Crippen molar-refractivity contribution in [2.24, 2.45) is 5.92 Å². The van der Waals surface area contributed by atoms with Gasteiger partial charge in [-0.1, -0.05) is 37.0 Å². The van der Waals surface area contributed by atoms with Gasteiger partial charge < -0.3 is 14.6 Å². The molecule has 0 aliphatic heterocycles. The molecular formula is C19H18Cl2N4O3. The fraction of sp³-hybridized carbons (Fsp3) is 0.263. The van der Waals surface area contributed by atoms with Gasteiger partial charge in [0.25, 0.3) is 5.91 Å². The molecule has 0 unspecified atom stereocenters. The number of ether oxygens (including phenoxy) is 1. The molecular weight excluding hydrogens is 403 g/mol. The van der Waals surface area contributed by atoms with Crippen LogP contribution in [0.2, 0.25) is 10.0 Å². The van der Waals surface area contributed by atoms with Gasteiger partial charge in [0.15, 0.2) is 0 Å². The number of amides is 1. The van der Waals surface area contributed by atoms with Crippen molar-refractivity contribution in [3.63, 3.8) is 0 Å². The van der Waals surface area contributed by atoms with E-state index in [9.17, 15) is 9.59 Å². The zero-order chi connectivity index (χ0) is 20.4. The molecule has 0 spiro atoms. The lowest BCUT2D eigenvalue weighted by Crippen LogP contribution is -2.25. The summed E-state index contributed by atoms with van der Waals surface area (Å²) in [4.78, 5) is 33.9. The van der Waals surface area contributed by atoms with E-state index in [0.717, 1.165) is 0 Å². The van der Waals surface area contributed by atoms with Crippen molar-refractivity contribution in [3.05, 3.63) is 56.6 Å². The number of nitrogens with one attached hydrogen (secondary N) is 1. The van der Waals surface area contributed by atoms with Crippen LogP contribution in [0.1, 0.15) is 24.2 Å². The minimum atomic E-state index is -0.635. The Labute approximate surface area is 171 Å². The number of carbonyl (C=O) groups is 1. The van der Waals surface area contributed by atoms with Crippen LogP contribution < -0.4 is 15.5 Å². The first-order valence-electron chi connectivity index (χ1n) is 8.50. The molecule has 7 nitrogen and oxygen atoms in total. The third-order valence-corrected chi connectivity index (χ3v) is 4.58. The molecule has 9 heteroatoms. The minimum absolute atomic E-state index is 0.0714. The van der Waals surface area contributed by atoms with Gasteiger partial charge in [0, 0.05) is 31.2 Å². The van der Waals surface area contributed by atoms with Gasteiger partial charge in [-0.3, -0.25) is 14.6 Å². The van der Waals surface area contributed by atoms with Gasteiger partial charge in [-0.05, 0) is 12.0 Å². The van der Waals surface area contributed by atoms with Gasteiger partial charge in [0.05, 0.1) is 28.4 Å². The highest BCUT2D eigenvalue weighted by Gasteiger charge is 2.19. The molecule has 3 aromatic rings. The van der Waals surface area contributed by atoms with Crippen LogP contribution in [-0.2, 0) is 6.54 Å². The zero-order valence-electron chi connectivity index (χ0n) is 15.5. The number of methoxy groups -OCH3 is 1. The largest absolute Gasteiger partial charge is 0.481 e. The number of hydrogen-bond donors (Lipinski definition) is 1. The number of hydrogen-bond acceptors (Lipinski definition) is 5. The smallest absolute Gasteiger partial charge is 0.261 e. The molecule has 28 heavy (non-hydrogen) atoms. The van der Waals surface area contributed by atoms with Crippen molar-refractivity contribution in [1.29, 1.82) is 0 Å². The predicted octanol–water partition coefficient (Wildman–Crippen LogP) is 4.02. The molecule has 0 saturated carbocycles. The van der Waals surface area contributed by atoms with Crippen LogP contribution in [0.25, 0.3) is 11.0 Å². The first-order valence-corrected chi connectivity index (χ1v) is 9.26. The summed E-state index contributed by atoms with van der Waals surface area (Å²) in [5, 5.41) is 2.93. The highest BCUT2D eigenvalue weighted by Crippen LogP contribution is 2.29. The van der Waals surface area contributed by atoms with E-state index in [-0.39, 0.29) is 32.7 Å². The van der Waals surface area contributed by atoms with Crippen LogP contribution in [0.4, 0.5) is 5.69 Å². The summed E-state index contributed by atoms with van der Waals surface area (Å²) in [5.74, 6) is -0.0599.